The number of hydrogen-bond acceptors (Lipinski definition) is 6. The molecule has 158 valence electrons. The van der Waals surface area contributed by atoms with E-state index in [1.165, 1.54) is 18.4 Å². The van der Waals surface area contributed by atoms with Crippen LogP contribution < -0.4 is 10.6 Å². The molecule has 30 heavy (non-hydrogen) atoms. The van der Waals surface area contributed by atoms with Gasteiger partial charge in [0.2, 0.25) is 0 Å². The highest BCUT2D eigenvalue weighted by Gasteiger charge is 2.41. The number of rotatable bonds is 6. The van der Waals surface area contributed by atoms with Gasteiger partial charge in [0.25, 0.3) is 0 Å². The summed E-state index contributed by atoms with van der Waals surface area (Å²) in [5.41, 5.74) is 4.02. The Labute approximate surface area is 178 Å². The minimum atomic E-state index is -0.285. The smallest absolute Gasteiger partial charge is 0.341 e. The number of piperidine rings is 1. The first-order valence-electron chi connectivity index (χ1n) is 11.2. The highest BCUT2D eigenvalue weighted by atomic mass is 16.5. The molecule has 2 saturated heterocycles. The fraction of sp³-hybridized carbons (Fsp3) is 0.500. The third-order valence-electron chi connectivity index (χ3n) is 6.78. The lowest BCUT2D eigenvalue weighted by Crippen LogP contribution is -2.46. The van der Waals surface area contributed by atoms with E-state index in [9.17, 15) is 4.79 Å². The van der Waals surface area contributed by atoms with Crippen LogP contribution in [0.15, 0.2) is 36.5 Å². The molecule has 2 bridgehead atoms. The van der Waals surface area contributed by atoms with Gasteiger partial charge in [-0.3, -0.25) is 4.90 Å². The first-order valence-corrected chi connectivity index (χ1v) is 11.2. The molecule has 3 aliphatic rings. The largest absolute Gasteiger partial charge is 0.462 e. The zero-order chi connectivity index (χ0) is 20.5. The van der Waals surface area contributed by atoms with E-state index in [1.54, 1.807) is 6.20 Å². The maximum Gasteiger partial charge on any atom is 0.341 e. The van der Waals surface area contributed by atoms with Gasteiger partial charge in [-0.15, -0.1) is 0 Å². The molecule has 3 aliphatic heterocycles. The molecule has 0 saturated carbocycles. The fourth-order valence-corrected chi connectivity index (χ4v) is 5.43. The number of ether oxygens (including phenoxy) is 1. The predicted octanol–water partition coefficient (Wildman–Crippen LogP) is 3.83. The molecule has 2 aromatic rings. The van der Waals surface area contributed by atoms with E-state index >= 15 is 0 Å². The zero-order valence-electron chi connectivity index (χ0n) is 17.6. The summed E-state index contributed by atoms with van der Waals surface area (Å²) in [6.07, 6.45) is 7.29. The number of hydrogen-bond donors (Lipinski definition) is 2. The fourth-order valence-electron chi connectivity index (χ4n) is 5.43. The van der Waals surface area contributed by atoms with Crippen LogP contribution in [0, 0.1) is 0 Å². The Morgan fingerprint density at radius 3 is 2.73 bits per heavy atom. The predicted molar refractivity (Wildman–Crippen MR) is 118 cm³/mol. The maximum absolute atomic E-state index is 12.6. The summed E-state index contributed by atoms with van der Waals surface area (Å²) in [5, 5.41) is 7.10. The lowest BCUT2D eigenvalue weighted by molar-refractivity contribution is 0.0527. The van der Waals surface area contributed by atoms with Gasteiger partial charge >= 0.3 is 5.97 Å². The Morgan fingerprint density at radius 1 is 1.23 bits per heavy atom. The van der Waals surface area contributed by atoms with Gasteiger partial charge in [-0.1, -0.05) is 30.3 Å². The molecular weight excluding hydrogens is 376 g/mol. The van der Waals surface area contributed by atoms with E-state index in [4.69, 9.17) is 4.74 Å². The second-order valence-electron chi connectivity index (χ2n) is 8.63. The van der Waals surface area contributed by atoms with Gasteiger partial charge in [0.05, 0.1) is 12.3 Å². The van der Waals surface area contributed by atoms with Crippen molar-refractivity contribution >= 4 is 17.5 Å². The van der Waals surface area contributed by atoms with Crippen LogP contribution in [0.3, 0.4) is 0 Å². The summed E-state index contributed by atoms with van der Waals surface area (Å²) in [6.45, 7) is 4.11. The van der Waals surface area contributed by atoms with Crippen LogP contribution in [0.2, 0.25) is 0 Å². The minimum absolute atomic E-state index is 0.285. The molecule has 1 aromatic heterocycles. The highest BCUT2D eigenvalue weighted by molar-refractivity contribution is 5.97. The molecule has 6 heteroatoms. The summed E-state index contributed by atoms with van der Waals surface area (Å²) in [4.78, 5) is 19.7. The zero-order valence-corrected chi connectivity index (χ0v) is 17.6. The standard InChI is InChI=1S/C24H30N4O2/c1-2-30-24(29)21-14-26-23-20(10-11-25-23)22(21)27-17-12-18-8-9-19(13-17)28(18)15-16-6-4-3-5-7-16/h3-7,14,17-19H,2,8-13,15H2,1H3,(H2,25,26,27)/t17?,18-,19+. The van der Waals surface area contributed by atoms with Crippen LogP contribution in [0.4, 0.5) is 11.5 Å². The molecule has 0 aliphatic carbocycles. The summed E-state index contributed by atoms with van der Waals surface area (Å²) >= 11 is 0. The van der Waals surface area contributed by atoms with Crippen LogP contribution in [0.1, 0.15) is 54.1 Å². The molecule has 0 spiro atoms. The van der Waals surface area contributed by atoms with Crippen molar-refractivity contribution in [2.45, 2.75) is 63.7 Å². The van der Waals surface area contributed by atoms with Crippen molar-refractivity contribution < 1.29 is 9.53 Å². The molecule has 6 nitrogen and oxygen atoms in total. The number of fused-ring (bicyclic) bond motifs is 3. The monoisotopic (exact) mass is 406 g/mol. The van der Waals surface area contributed by atoms with Gasteiger partial charge in [-0.25, -0.2) is 9.78 Å². The van der Waals surface area contributed by atoms with E-state index in [0.717, 1.165) is 49.4 Å². The molecule has 1 unspecified atom stereocenters. The van der Waals surface area contributed by atoms with Crippen molar-refractivity contribution in [2.75, 3.05) is 23.8 Å². The molecule has 1 aromatic carbocycles. The number of benzene rings is 1. The van der Waals surface area contributed by atoms with Crippen molar-refractivity contribution in [3.05, 3.63) is 53.2 Å². The Bertz CT molecular complexity index is 903. The van der Waals surface area contributed by atoms with Crippen LogP contribution in [-0.2, 0) is 17.7 Å². The number of pyridine rings is 1. The molecule has 3 atom stereocenters. The van der Waals surface area contributed by atoms with Gasteiger partial charge < -0.3 is 15.4 Å². The first-order chi connectivity index (χ1) is 14.7. The Kier molecular flexibility index (Phi) is 5.34. The number of aromatic nitrogens is 1. The van der Waals surface area contributed by atoms with Gasteiger partial charge in [0.15, 0.2) is 0 Å². The number of nitrogens with zero attached hydrogens (tertiary/aromatic N) is 2. The van der Waals surface area contributed by atoms with E-state index in [2.05, 4.69) is 50.8 Å². The van der Waals surface area contributed by atoms with Gasteiger partial charge in [0.1, 0.15) is 11.4 Å². The summed E-state index contributed by atoms with van der Waals surface area (Å²) < 4.78 is 5.31. The van der Waals surface area contributed by atoms with Crippen molar-refractivity contribution in [3.8, 4) is 0 Å². The number of anilines is 2. The Hall–Kier alpha value is -2.60. The van der Waals surface area contributed by atoms with Crippen molar-refractivity contribution in [1.82, 2.24) is 9.88 Å². The molecule has 2 fully saturated rings. The van der Waals surface area contributed by atoms with E-state index < -0.39 is 0 Å². The van der Waals surface area contributed by atoms with Crippen molar-refractivity contribution in [1.29, 1.82) is 0 Å². The number of carbonyl (C=O) groups is 1. The lowest BCUT2D eigenvalue weighted by Gasteiger charge is -2.40. The number of nitrogens with one attached hydrogen (secondary N) is 2. The molecule has 5 rings (SSSR count). The maximum atomic E-state index is 12.6. The van der Waals surface area contributed by atoms with Crippen LogP contribution >= 0.6 is 0 Å². The summed E-state index contributed by atoms with van der Waals surface area (Å²) in [6, 6.07) is 12.3. The Balaban J connectivity index is 1.34. The van der Waals surface area contributed by atoms with Crippen LogP contribution in [0.25, 0.3) is 0 Å². The van der Waals surface area contributed by atoms with Gasteiger partial charge in [-0.05, 0) is 44.6 Å². The van der Waals surface area contributed by atoms with E-state index in [1.807, 2.05) is 6.92 Å². The average Bonchev–Trinajstić information content (AvgIpc) is 3.31. The summed E-state index contributed by atoms with van der Waals surface area (Å²) in [7, 11) is 0. The molecule has 0 radical (unpaired) electrons. The second-order valence-corrected chi connectivity index (χ2v) is 8.63. The van der Waals surface area contributed by atoms with E-state index in [-0.39, 0.29) is 5.97 Å². The number of esters is 1. The first kappa shape index (κ1) is 19.4. The second kappa shape index (κ2) is 8.26. The topological polar surface area (TPSA) is 66.5 Å². The lowest BCUT2D eigenvalue weighted by atomic mass is 9.95. The molecular formula is C24H30N4O2. The van der Waals surface area contributed by atoms with E-state index in [0.29, 0.717) is 30.3 Å². The quantitative estimate of drug-likeness (QED) is 0.711. The molecule has 0 amide bonds. The van der Waals surface area contributed by atoms with Crippen LogP contribution in [-0.4, -0.2) is 47.1 Å². The molecule has 2 N–H and O–H groups in total. The normalized spacial score (nSPS) is 24.9. The Morgan fingerprint density at radius 2 is 2.00 bits per heavy atom. The SMILES string of the molecule is CCOC(=O)c1cnc2c(c1NC1C[C@H]3CC[C@@H](C1)N3Cc1ccccc1)CCN2. The average molecular weight is 407 g/mol. The van der Waals surface area contributed by atoms with Gasteiger partial charge in [-0.2, -0.15) is 0 Å². The number of carbonyl (C=O) groups excluding carboxylic acids is 1. The van der Waals surface area contributed by atoms with Crippen LogP contribution in [0.5, 0.6) is 0 Å². The molecule has 4 heterocycles. The van der Waals surface area contributed by atoms with Crippen molar-refractivity contribution in [2.24, 2.45) is 0 Å². The minimum Gasteiger partial charge on any atom is -0.462 e. The summed E-state index contributed by atoms with van der Waals surface area (Å²) in [5.74, 6) is 0.613. The third kappa shape index (κ3) is 3.65. The van der Waals surface area contributed by atoms with Gasteiger partial charge in [0, 0.05) is 43.0 Å². The third-order valence-corrected chi connectivity index (χ3v) is 6.78. The highest BCUT2D eigenvalue weighted by Crippen LogP contribution is 2.39. The van der Waals surface area contributed by atoms with Crippen molar-refractivity contribution in [3.63, 3.8) is 0 Å².